The molecule has 2 N–H and O–H groups in total. The Labute approximate surface area is 97.7 Å². The molecule has 1 fully saturated rings. The fourth-order valence-corrected chi connectivity index (χ4v) is 2.29. The van der Waals surface area contributed by atoms with Crippen molar-refractivity contribution in [2.24, 2.45) is 5.41 Å². The van der Waals surface area contributed by atoms with Crippen LogP contribution in [0.15, 0.2) is 18.3 Å². The third kappa shape index (κ3) is 2.29. The van der Waals surface area contributed by atoms with Gasteiger partial charge in [-0.25, -0.2) is 4.98 Å². The van der Waals surface area contributed by atoms with Crippen LogP contribution in [0.25, 0.3) is 0 Å². The minimum absolute atomic E-state index is 0.537. The van der Waals surface area contributed by atoms with Crippen molar-refractivity contribution in [2.45, 2.75) is 33.1 Å². The van der Waals surface area contributed by atoms with E-state index in [9.17, 15) is 0 Å². The number of pyridine rings is 1. The average Bonchev–Trinajstić information content (AvgIpc) is 2.30. The second-order valence-corrected chi connectivity index (χ2v) is 5.09. The zero-order valence-electron chi connectivity index (χ0n) is 10.2. The van der Waals surface area contributed by atoms with E-state index in [4.69, 9.17) is 5.73 Å². The number of piperidine rings is 1. The van der Waals surface area contributed by atoms with Crippen molar-refractivity contribution in [3.05, 3.63) is 18.3 Å². The van der Waals surface area contributed by atoms with Gasteiger partial charge in [0.15, 0.2) is 0 Å². The van der Waals surface area contributed by atoms with E-state index in [0.717, 1.165) is 13.1 Å². The number of hydrogen-bond acceptors (Lipinski definition) is 3. The van der Waals surface area contributed by atoms with Crippen molar-refractivity contribution in [3.63, 3.8) is 0 Å². The SMILES string of the molecule is CCC1(C)CCN(c2ccnc(N)c2)CC1. The van der Waals surface area contributed by atoms with Crippen molar-refractivity contribution in [2.75, 3.05) is 23.7 Å². The van der Waals surface area contributed by atoms with Gasteiger partial charge in [-0.1, -0.05) is 20.3 Å². The molecule has 0 radical (unpaired) electrons. The van der Waals surface area contributed by atoms with Crippen LogP contribution in [0.4, 0.5) is 11.5 Å². The van der Waals surface area contributed by atoms with Crippen LogP contribution < -0.4 is 10.6 Å². The largest absolute Gasteiger partial charge is 0.384 e. The fourth-order valence-electron chi connectivity index (χ4n) is 2.29. The van der Waals surface area contributed by atoms with Gasteiger partial charge in [0, 0.05) is 31.0 Å². The van der Waals surface area contributed by atoms with Crippen molar-refractivity contribution >= 4 is 11.5 Å². The number of nitrogens with two attached hydrogens (primary N) is 1. The zero-order valence-corrected chi connectivity index (χ0v) is 10.2. The molecular formula is C13H21N3. The second-order valence-electron chi connectivity index (χ2n) is 5.09. The number of anilines is 2. The van der Waals surface area contributed by atoms with E-state index in [2.05, 4.69) is 23.7 Å². The van der Waals surface area contributed by atoms with E-state index in [0.29, 0.717) is 11.2 Å². The minimum atomic E-state index is 0.537. The van der Waals surface area contributed by atoms with Gasteiger partial charge < -0.3 is 10.6 Å². The molecule has 0 atom stereocenters. The van der Waals surface area contributed by atoms with Gasteiger partial charge in [-0.05, 0) is 24.3 Å². The lowest BCUT2D eigenvalue weighted by Crippen LogP contribution is -2.38. The first-order valence-electron chi connectivity index (χ1n) is 6.09. The first-order chi connectivity index (χ1) is 7.63. The van der Waals surface area contributed by atoms with Crippen LogP contribution in [-0.2, 0) is 0 Å². The lowest BCUT2D eigenvalue weighted by atomic mass is 9.78. The van der Waals surface area contributed by atoms with Gasteiger partial charge in [-0.15, -0.1) is 0 Å². The first-order valence-corrected chi connectivity index (χ1v) is 6.09. The Morgan fingerprint density at radius 2 is 2.12 bits per heavy atom. The van der Waals surface area contributed by atoms with Gasteiger partial charge in [-0.2, -0.15) is 0 Å². The number of nitrogen functional groups attached to an aromatic ring is 1. The molecule has 0 spiro atoms. The normalized spacial score (nSPS) is 19.8. The van der Waals surface area contributed by atoms with Crippen LogP contribution in [0.2, 0.25) is 0 Å². The van der Waals surface area contributed by atoms with Crippen LogP contribution in [-0.4, -0.2) is 18.1 Å². The maximum atomic E-state index is 5.71. The summed E-state index contributed by atoms with van der Waals surface area (Å²) in [5, 5.41) is 0. The summed E-state index contributed by atoms with van der Waals surface area (Å²) in [5.74, 6) is 0.612. The van der Waals surface area contributed by atoms with Crippen LogP contribution >= 0.6 is 0 Å². The van der Waals surface area contributed by atoms with Crippen LogP contribution in [0.3, 0.4) is 0 Å². The smallest absolute Gasteiger partial charge is 0.125 e. The highest BCUT2D eigenvalue weighted by molar-refractivity contribution is 5.52. The van der Waals surface area contributed by atoms with Gasteiger partial charge in [0.25, 0.3) is 0 Å². The summed E-state index contributed by atoms with van der Waals surface area (Å²) >= 11 is 0. The lowest BCUT2D eigenvalue weighted by Gasteiger charge is -2.40. The van der Waals surface area contributed by atoms with Gasteiger partial charge >= 0.3 is 0 Å². The Balaban J connectivity index is 2.04. The van der Waals surface area contributed by atoms with Crippen molar-refractivity contribution in [3.8, 4) is 0 Å². The van der Waals surface area contributed by atoms with E-state index in [-0.39, 0.29) is 0 Å². The summed E-state index contributed by atoms with van der Waals surface area (Å²) in [6.07, 6.45) is 5.61. The molecule has 1 aromatic rings. The minimum Gasteiger partial charge on any atom is -0.384 e. The third-order valence-electron chi connectivity index (χ3n) is 3.95. The number of nitrogens with zero attached hydrogens (tertiary/aromatic N) is 2. The summed E-state index contributed by atoms with van der Waals surface area (Å²) in [6.45, 7) is 6.95. The predicted molar refractivity (Wildman–Crippen MR) is 68.5 cm³/mol. The Hall–Kier alpha value is -1.25. The molecule has 88 valence electrons. The molecule has 2 heterocycles. The lowest BCUT2D eigenvalue weighted by molar-refractivity contribution is 0.238. The van der Waals surface area contributed by atoms with E-state index in [1.54, 1.807) is 6.20 Å². The Kier molecular flexibility index (Phi) is 3.03. The number of aromatic nitrogens is 1. The molecule has 0 aromatic carbocycles. The molecule has 0 aliphatic carbocycles. The van der Waals surface area contributed by atoms with E-state index < -0.39 is 0 Å². The second kappa shape index (κ2) is 4.32. The summed E-state index contributed by atoms with van der Waals surface area (Å²) in [6, 6.07) is 4.01. The summed E-state index contributed by atoms with van der Waals surface area (Å²) in [4.78, 5) is 6.44. The molecule has 3 heteroatoms. The highest BCUT2D eigenvalue weighted by Crippen LogP contribution is 2.35. The Bertz CT molecular complexity index is 354. The Morgan fingerprint density at radius 1 is 1.44 bits per heavy atom. The monoisotopic (exact) mass is 219 g/mol. The predicted octanol–water partition coefficient (Wildman–Crippen LogP) is 2.68. The molecule has 0 unspecified atom stereocenters. The highest BCUT2D eigenvalue weighted by atomic mass is 15.1. The molecule has 1 aliphatic heterocycles. The maximum Gasteiger partial charge on any atom is 0.125 e. The van der Waals surface area contributed by atoms with Gasteiger partial charge in [0.1, 0.15) is 5.82 Å². The summed E-state index contributed by atoms with van der Waals surface area (Å²) in [7, 11) is 0. The van der Waals surface area contributed by atoms with E-state index in [1.165, 1.54) is 24.9 Å². The maximum absolute atomic E-state index is 5.71. The van der Waals surface area contributed by atoms with Gasteiger partial charge in [0.2, 0.25) is 0 Å². The van der Waals surface area contributed by atoms with Crippen molar-refractivity contribution in [1.29, 1.82) is 0 Å². The van der Waals surface area contributed by atoms with Crippen molar-refractivity contribution < 1.29 is 0 Å². The highest BCUT2D eigenvalue weighted by Gasteiger charge is 2.28. The van der Waals surface area contributed by atoms with Crippen molar-refractivity contribution in [1.82, 2.24) is 4.98 Å². The van der Waals surface area contributed by atoms with Crippen LogP contribution in [0, 0.1) is 5.41 Å². The van der Waals surface area contributed by atoms with E-state index >= 15 is 0 Å². The molecule has 0 saturated carbocycles. The van der Waals surface area contributed by atoms with E-state index in [1.807, 2.05) is 12.1 Å². The molecule has 1 saturated heterocycles. The summed E-state index contributed by atoms with van der Waals surface area (Å²) in [5.41, 5.74) is 7.46. The van der Waals surface area contributed by atoms with Crippen LogP contribution in [0.5, 0.6) is 0 Å². The summed E-state index contributed by atoms with van der Waals surface area (Å²) < 4.78 is 0. The first kappa shape index (κ1) is 11.2. The molecule has 1 aromatic heterocycles. The standard InChI is InChI=1S/C13H21N3/c1-3-13(2)5-8-16(9-6-13)11-4-7-15-12(14)10-11/h4,7,10H,3,5-6,8-9H2,1-2H3,(H2,14,15). The third-order valence-corrected chi connectivity index (χ3v) is 3.95. The van der Waals surface area contributed by atoms with Gasteiger partial charge in [0.05, 0.1) is 0 Å². The molecule has 1 aliphatic rings. The number of hydrogen-bond donors (Lipinski definition) is 1. The molecule has 0 amide bonds. The molecule has 0 bridgehead atoms. The molecule has 16 heavy (non-hydrogen) atoms. The number of rotatable bonds is 2. The van der Waals surface area contributed by atoms with Gasteiger partial charge in [-0.3, -0.25) is 0 Å². The van der Waals surface area contributed by atoms with Crippen LogP contribution in [0.1, 0.15) is 33.1 Å². The molecule has 2 rings (SSSR count). The molecular weight excluding hydrogens is 198 g/mol. The quantitative estimate of drug-likeness (QED) is 0.831. The molecule has 3 nitrogen and oxygen atoms in total. The fraction of sp³-hybridized carbons (Fsp3) is 0.615. The average molecular weight is 219 g/mol. The topological polar surface area (TPSA) is 42.2 Å². The Morgan fingerprint density at radius 3 is 2.69 bits per heavy atom. The zero-order chi connectivity index (χ0) is 11.6.